The summed E-state index contributed by atoms with van der Waals surface area (Å²) in [6.45, 7) is 0.634. The van der Waals surface area contributed by atoms with E-state index < -0.39 is 0 Å². The van der Waals surface area contributed by atoms with E-state index in [0.29, 0.717) is 22.7 Å². The Morgan fingerprint density at radius 3 is 2.26 bits per heavy atom. The number of hydrogen-bond donors (Lipinski definition) is 1. The van der Waals surface area contributed by atoms with Crippen LogP contribution >= 0.6 is 23.4 Å². The lowest BCUT2D eigenvalue weighted by Gasteiger charge is -2.13. The summed E-state index contributed by atoms with van der Waals surface area (Å²) in [4.78, 5) is 37.6. The molecule has 0 saturated carbocycles. The first kappa shape index (κ1) is 19.5. The molecule has 27 heavy (non-hydrogen) atoms. The molecule has 7 heteroatoms. The van der Waals surface area contributed by atoms with Crippen molar-refractivity contribution in [2.75, 3.05) is 18.8 Å². The normalized spacial score (nSPS) is 13.0. The van der Waals surface area contributed by atoms with Crippen LogP contribution in [0.2, 0.25) is 5.02 Å². The van der Waals surface area contributed by atoms with Gasteiger partial charge < -0.3 is 5.32 Å². The number of halogens is 1. The standard InChI is InChI=1S/C20H19ClN2O3S/c21-15-7-5-14(6-8-15)13-27-12-10-22-18(24)9-11-23-19(25)16-3-1-2-4-17(16)20(23)26/h1-8H,9-13H2,(H,22,24). The van der Waals surface area contributed by atoms with Crippen molar-refractivity contribution < 1.29 is 14.4 Å². The number of thioether (sulfide) groups is 1. The Labute approximate surface area is 167 Å². The van der Waals surface area contributed by atoms with Crippen molar-refractivity contribution in [3.63, 3.8) is 0 Å². The molecule has 0 spiro atoms. The van der Waals surface area contributed by atoms with Gasteiger partial charge in [-0.1, -0.05) is 35.9 Å². The highest BCUT2D eigenvalue weighted by atomic mass is 35.5. The van der Waals surface area contributed by atoms with Crippen LogP contribution in [-0.2, 0) is 10.5 Å². The van der Waals surface area contributed by atoms with Crippen LogP contribution in [0.5, 0.6) is 0 Å². The Morgan fingerprint density at radius 1 is 1.00 bits per heavy atom. The number of carbonyl (C=O) groups is 3. The van der Waals surface area contributed by atoms with Gasteiger partial charge in [0, 0.05) is 36.0 Å². The highest BCUT2D eigenvalue weighted by molar-refractivity contribution is 7.98. The molecule has 3 amide bonds. The first-order valence-corrected chi connectivity index (χ1v) is 10.1. The predicted molar refractivity (Wildman–Crippen MR) is 107 cm³/mol. The molecule has 140 valence electrons. The first-order chi connectivity index (χ1) is 13.1. The van der Waals surface area contributed by atoms with Gasteiger partial charge >= 0.3 is 0 Å². The molecule has 3 rings (SSSR count). The van der Waals surface area contributed by atoms with Crippen molar-refractivity contribution in [3.8, 4) is 0 Å². The molecular formula is C20H19ClN2O3S. The number of carbonyl (C=O) groups excluding carboxylic acids is 3. The molecular weight excluding hydrogens is 384 g/mol. The quantitative estimate of drug-likeness (QED) is 0.543. The molecule has 0 unspecified atom stereocenters. The summed E-state index contributed by atoms with van der Waals surface area (Å²) in [6, 6.07) is 14.4. The summed E-state index contributed by atoms with van der Waals surface area (Å²) in [7, 11) is 0. The molecule has 2 aromatic carbocycles. The molecule has 1 N–H and O–H groups in total. The molecule has 2 aromatic rings. The van der Waals surface area contributed by atoms with Gasteiger partial charge in [0.2, 0.25) is 5.91 Å². The fourth-order valence-corrected chi connectivity index (χ4v) is 3.72. The summed E-state index contributed by atoms with van der Waals surface area (Å²) in [6.07, 6.45) is 0.104. The van der Waals surface area contributed by atoms with Crippen molar-refractivity contribution >= 4 is 41.1 Å². The number of nitrogens with one attached hydrogen (secondary N) is 1. The van der Waals surface area contributed by atoms with Crippen molar-refractivity contribution in [1.82, 2.24) is 10.2 Å². The van der Waals surface area contributed by atoms with Gasteiger partial charge in [-0.15, -0.1) is 0 Å². The lowest BCUT2D eigenvalue weighted by molar-refractivity contribution is -0.121. The van der Waals surface area contributed by atoms with Gasteiger partial charge in [0.1, 0.15) is 0 Å². The third-order valence-corrected chi connectivity index (χ3v) is 5.47. The highest BCUT2D eigenvalue weighted by Gasteiger charge is 2.34. The average Bonchev–Trinajstić information content (AvgIpc) is 2.92. The van der Waals surface area contributed by atoms with Crippen LogP contribution in [0.3, 0.4) is 0 Å². The lowest BCUT2D eigenvalue weighted by Crippen LogP contribution is -2.35. The zero-order chi connectivity index (χ0) is 19.2. The van der Waals surface area contributed by atoms with Crippen molar-refractivity contribution in [2.45, 2.75) is 12.2 Å². The molecule has 0 bridgehead atoms. The summed E-state index contributed by atoms with van der Waals surface area (Å²) >= 11 is 7.57. The molecule has 0 aromatic heterocycles. The van der Waals surface area contributed by atoms with E-state index in [1.807, 2.05) is 24.3 Å². The smallest absolute Gasteiger partial charge is 0.261 e. The fourth-order valence-electron chi connectivity index (χ4n) is 2.78. The Bertz CT molecular complexity index is 820. The maximum absolute atomic E-state index is 12.2. The zero-order valence-electron chi connectivity index (χ0n) is 14.6. The van der Waals surface area contributed by atoms with E-state index in [4.69, 9.17) is 11.6 Å². The van der Waals surface area contributed by atoms with E-state index in [-0.39, 0.29) is 30.7 Å². The molecule has 0 fully saturated rings. The van der Waals surface area contributed by atoms with Gasteiger partial charge in [-0.3, -0.25) is 19.3 Å². The minimum absolute atomic E-state index is 0.0934. The summed E-state index contributed by atoms with van der Waals surface area (Å²) in [5.41, 5.74) is 1.99. The number of amides is 3. The minimum Gasteiger partial charge on any atom is -0.355 e. The van der Waals surface area contributed by atoms with Gasteiger partial charge in [0.25, 0.3) is 11.8 Å². The average molecular weight is 403 g/mol. The maximum Gasteiger partial charge on any atom is 0.261 e. The number of hydrogen-bond acceptors (Lipinski definition) is 4. The summed E-state index contributed by atoms with van der Waals surface area (Å²) < 4.78 is 0. The Morgan fingerprint density at radius 2 is 1.63 bits per heavy atom. The summed E-state index contributed by atoms with van der Waals surface area (Å²) in [5.74, 6) is 0.797. The number of benzene rings is 2. The highest BCUT2D eigenvalue weighted by Crippen LogP contribution is 2.22. The molecule has 1 aliphatic rings. The third kappa shape index (κ3) is 4.90. The Balaban J connectivity index is 1.35. The summed E-state index contributed by atoms with van der Waals surface area (Å²) in [5, 5.41) is 3.54. The van der Waals surface area contributed by atoms with Crippen molar-refractivity contribution in [2.24, 2.45) is 0 Å². The van der Waals surface area contributed by atoms with E-state index in [1.165, 1.54) is 5.56 Å². The topological polar surface area (TPSA) is 66.5 Å². The van der Waals surface area contributed by atoms with Gasteiger partial charge in [-0.05, 0) is 29.8 Å². The SMILES string of the molecule is O=C(CCN1C(=O)c2ccccc2C1=O)NCCSCc1ccc(Cl)cc1. The second-order valence-electron chi connectivity index (χ2n) is 6.09. The van der Waals surface area contributed by atoms with E-state index in [9.17, 15) is 14.4 Å². The van der Waals surface area contributed by atoms with Gasteiger partial charge in [-0.2, -0.15) is 11.8 Å². The lowest BCUT2D eigenvalue weighted by atomic mass is 10.1. The molecule has 0 saturated heterocycles. The van der Waals surface area contributed by atoms with Crippen LogP contribution in [0, 0.1) is 0 Å². The number of rotatable bonds is 8. The number of imide groups is 1. The van der Waals surface area contributed by atoms with E-state index in [1.54, 1.807) is 36.0 Å². The van der Waals surface area contributed by atoms with Crippen LogP contribution in [0.15, 0.2) is 48.5 Å². The minimum atomic E-state index is -0.332. The van der Waals surface area contributed by atoms with Crippen LogP contribution in [0.1, 0.15) is 32.7 Å². The molecule has 1 aliphatic heterocycles. The van der Waals surface area contributed by atoms with E-state index in [0.717, 1.165) is 16.4 Å². The van der Waals surface area contributed by atoms with Crippen LogP contribution in [0.25, 0.3) is 0 Å². The van der Waals surface area contributed by atoms with E-state index in [2.05, 4.69) is 5.32 Å². The van der Waals surface area contributed by atoms with Crippen molar-refractivity contribution in [1.29, 1.82) is 0 Å². The fraction of sp³-hybridized carbons (Fsp3) is 0.250. The third-order valence-electron chi connectivity index (χ3n) is 4.19. The maximum atomic E-state index is 12.2. The van der Waals surface area contributed by atoms with Gasteiger partial charge in [0.05, 0.1) is 11.1 Å². The predicted octanol–water partition coefficient (Wildman–Crippen LogP) is 3.38. The van der Waals surface area contributed by atoms with Crippen LogP contribution in [0.4, 0.5) is 0 Å². The first-order valence-electron chi connectivity index (χ1n) is 8.60. The largest absolute Gasteiger partial charge is 0.355 e. The zero-order valence-corrected chi connectivity index (χ0v) is 16.2. The Kier molecular flexibility index (Phi) is 6.53. The van der Waals surface area contributed by atoms with Gasteiger partial charge in [0.15, 0.2) is 0 Å². The second kappa shape index (κ2) is 9.06. The van der Waals surface area contributed by atoms with E-state index >= 15 is 0 Å². The number of nitrogens with zero attached hydrogens (tertiary/aromatic N) is 1. The molecule has 1 heterocycles. The van der Waals surface area contributed by atoms with Crippen molar-refractivity contribution in [3.05, 3.63) is 70.2 Å². The monoisotopic (exact) mass is 402 g/mol. The number of fused-ring (bicyclic) bond motifs is 1. The molecule has 0 atom stereocenters. The van der Waals surface area contributed by atoms with Crippen LogP contribution < -0.4 is 5.32 Å². The molecule has 5 nitrogen and oxygen atoms in total. The molecule has 0 radical (unpaired) electrons. The van der Waals surface area contributed by atoms with Gasteiger partial charge in [-0.25, -0.2) is 0 Å². The van der Waals surface area contributed by atoms with Crippen LogP contribution in [-0.4, -0.2) is 41.5 Å². The Hall–Kier alpha value is -2.31. The second-order valence-corrected chi connectivity index (χ2v) is 7.63. The molecule has 0 aliphatic carbocycles.